The fourth-order valence-corrected chi connectivity index (χ4v) is 7.31. The summed E-state index contributed by atoms with van der Waals surface area (Å²) in [5, 5.41) is 15.1. The smallest absolute Gasteiger partial charge is 0.407 e. The van der Waals surface area contributed by atoms with Gasteiger partial charge in [0, 0.05) is 67.3 Å². The Balaban J connectivity index is 0.879. The Kier molecular flexibility index (Phi) is 9.67. The lowest BCUT2D eigenvalue weighted by Crippen LogP contribution is -2.54. The first-order valence-corrected chi connectivity index (χ1v) is 17.7. The van der Waals surface area contributed by atoms with E-state index in [0.717, 1.165) is 42.0 Å². The normalized spacial score (nSPS) is 22.0. The van der Waals surface area contributed by atoms with E-state index in [1.54, 1.807) is 36.4 Å². The van der Waals surface area contributed by atoms with Crippen molar-refractivity contribution >= 4 is 47.1 Å². The average molecular weight is 712 g/mol. The molecule has 15 nitrogen and oxygen atoms in total. The van der Waals surface area contributed by atoms with Gasteiger partial charge in [0.1, 0.15) is 24.0 Å². The molecule has 1 saturated carbocycles. The fraction of sp³-hybridized carbons (Fsp3) is 0.432. The highest BCUT2D eigenvalue weighted by Crippen LogP contribution is 2.36. The average Bonchev–Trinajstić information content (AvgIpc) is 3.84. The maximum Gasteiger partial charge on any atom is 0.407 e. The number of aromatic amines is 1. The third-order valence-corrected chi connectivity index (χ3v) is 9.99. The van der Waals surface area contributed by atoms with Crippen molar-refractivity contribution < 1.29 is 38.2 Å². The Bertz CT molecular complexity index is 1900. The van der Waals surface area contributed by atoms with Crippen molar-refractivity contribution in [3.63, 3.8) is 0 Å². The number of fused-ring (bicyclic) bond motifs is 1. The zero-order valence-corrected chi connectivity index (χ0v) is 29.0. The molecule has 4 N–H and O–H groups in total. The highest BCUT2D eigenvalue weighted by molar-refractivity contribution is 6.23. The number of carbonyl (C=O) groups excluding carboxylic acids is 6. The predicted octanol–water partition coefficient (Wildman–Crippen LogP) is 3.88. The molecular formula is C37H41N7O8. The monoisotopic (exact) mass is 711 g/mol. The molecule has 52 heavy (non-hydrogen) atoms. The number of alkyl carbamates (subject to hydrolysis) is 1. The van der Waals surface area contributed by atoms with Gasteiger partial charge in [0.05, 0.1) is 11.1 Å². The molecule has 2 aromatic carbocycles. The Morgan fingerprint density at radius 2 is 1.63 bits per heavy atom. The zero-order valence-electron chi connectivity index (χ0n) is 29.0. The molecule has 15 heteroatoms. The molecule has 0 radical (unpaired) electrons. The topological polar surface area (TPSA) is 192 Å². The lowest BCUT2D eigenvalue weighted by Gasteiger charge is -2.34. The van der Waals surface area contributed by atoms with Crippen LogP contribution in [-0.2, 0) is 14.3 Å². The van der Waals surface area contributed by atoms with Crippen molar-refractivity contribution in [2.45, 2.75) is 89.0 Å². The van der Waals surface area contributed by atoms with Crippen LogP contribution in [0, 0.1) is 0 Å². The van der Waals surface area contributed by atoms with Crippen LogP contribution >= 0.6 is 0 Å². The molecule has 0 spiro atoms. The molecule has 1 aromatic heterocycles. The fourth-order valence-electron chi connectivity index (χ4n) is 7.31. The van der Waals surface area contributed by atoms with Gasteiger partial charge in [-0.1, -0.05) is 0 Å². The number of aromatic nitrogens is 2. The van der Waals surface area contributed by atoms with Crippen LogP contribution in [0.1, 0.15) is 101 Å². The summed E-state index contributed by atoms with van der Waals surface area (Å²) in [6.45, 7) is 5.09. The van der Waals surface area contributed by atoms with Gasteiger partial charge in [-0.15, -0.1) is 0 Å². The van der Waals surface area contributed by atoms with Gasteiger partial charge in [0.15, 0.2) is 5.82 Å². The highest BCUT2D eigenvalue weighted by Gasteiger charge is 2.45. The third-order valence-electron chi connectivity index (χ3n) is 9.99. The number of carbonyl (C=O) groups is 6. The Morgan fingerprint density at radius 1 is 0.885 bits per heavy atom. The molecule has 2 saturated heterocycles. The first kappa shape index (κ1) is 34.7. The molecule has 0 bridgehead atoms. The van der Waals surface area contributed by atoms with E-state index in [-0.39, 0.29) is 54.0 Å². The zero-order chi connectivity index (χ0) is 36.5. The van der Waals surface area contributed by atoms with Crippen LogP contribution in [0.15, 0.2) is 48.5 Å². The van der Waals surface area contributed by atoms with Crippen molar-refractivity contribution in [2.24, 2.45) is 0 Å². The maximum atomic E-state index is 13.2. The van der Waals surface area contributed by atoms with Gasteiger partial charge in [-0.3, -0.25) is 39.3 Å². The van der Waals surface area contributed by atoms with Crippen LogP contribution < -0.4 is 25.6 Å². The third kappa shape index (κ3) is 7.34. The largest absolute Gasteiger partial charge is 0.490 e. The van der Waals surface area contributed by atoms with E-state index >= 15 is 0 Å². The Labute approximate surface area is 299 Å². The predicted molar refractivity (Wildman–Crippen MR) is 187 cm³/mol. The van der Waals surface area contributed by atoms with Gasteiger partial charge in [0.2, 0.25) is 11.8 Å². The second kappa shape index (κ2) is 14.5. The van der Waals surface area contributed by atoms with E-state index in [0.29, 0.717) is 36.6 Å². The number of ether oxygens (including phenoxy) is 2. The van der Waals surface area contributed by atoms with Gasteiger partial charge in [-0.2, -0.15) is 5.10 Å². The minimum Gasteiger partial charge on any atom is -0.490 e. The van der Waals surface area contributed by atoms with Crippen molar-refractivity contribution in [1.29, 1.82) is 0 Å². The number of anilines is 2. The number of hydrogen-bond donors (Lipinski definition) is 4. The number of amides is 6. The molecule has 272 valence electrons. The SMILES string of the molecule is CC(C)NC(=O)O[C@@H]1CC[C@H](c2cc(NC(=O)c3ccc(OC4CCN(c5ccc6c(c5)C(=O)N(C5CCC(=O)NC5=O)C6=O)CC4)cc3)n[nH]2)C1. The minimum absolute atomic E-state index is 0.0101. The van der Waals surface area contributed by atoms with Gasteiger partial charge >= 0.3 is 6.09 Å². The summed E-state index contributed by atoms with van der Waals surface area (Å²) in [5.41, 5.74) is 2.65. The quantitative estimate of drug-likeness (QED) is 0.237. The van der Waals surface area contributed by atoms with E-state index in [1.807, 2.05) is 26.0 Å². The van der Waals surface area contributed by atoms with Crippen LogP contribution in [0.4, 0.5) is 16.3 Å². The molecule has 6 amide bonds. The summed E-state index contributed by atoms with van der Waals surface area (Å²) in [5.74, 6) is -1.19. The number of H-pyrrole nitrogens is 1. The van der Waals surface area contributed by atoms with E-state index in [9.17, 15) is 28.8 Å². The number of nitrogens with zero attached hydrogens (tertiary/aromatic N) is 3. The summed E-state index contributed by atoms with van der Waals surface area (Å²) in [6, 6.07) is 12.9. The van der Waals surface area contributed by atoms with Gasteiger partial charge in [-0.25, -0.2) is 4.79 Å². The summed E-state index contributed by atoms with van der Waals surface area (Å²) in [7, 11) is 0. The number of nitrogens with one attached hydrogen (secondary N) is 4. The van der Waals surface area contributed by atoms with E-state index < -0.39 is 35.8 Å². The molecule has 1 unspecified atom stereocenters. The van der Waals surface area contributed by atoms with Crippen LogP contribution in [0.3, 0.4) is 0 Å². The summed E-state index contributed by atoms with van der Waals surface area (Å²) in [4.78, 5) is 78.3. The number of rotatable bonds is 9. The highest BCUT2D eigenvalue weighted by atomic mass is 16.6. The standard InChI is InChI=1S/C37H41N7O8/c1-20(2)38-37(50)52-26-9-5-22(17-26)29-19-31(42-41-29)39-33(46)21-3-7-24(8-4-21)51-25-13-15-43(16-14-25)23-6-10-27-28(18-23)36(49)44(35(27)48)30-11-12-32(45)40-34(30)47/h3-4,6-8,10,18-20,22,25-26,30H,5,9,11-17H2,1-2H3,(H,38,50)(H,40,45,47)(H2,39,41,42,46)/t22-,26+,30?/m0/s1. The number of imide groups is 2. The number of piperidine rings is 2. The lowest BCUT2D eigenvalue weighted by molar-refractivity contribution is -0.136. The lowest BCUT2D eigenvalue weighted by atomic mass is 10.0. The first-order chi connectivity index (χ1) is 25.0. The molecule has 1 aliphatic carbocycles. The molecule has 7 rings (SSSR count). The number of benzene rings is 2. The van der Waals surface area contributed by atoms with Crippen molar-refractivity contribution in [1.82, 2.24) is 25.7 Å². The summed E-state index contributed by atoms with van der Waals surface area (Å²) < 4.78 is 11.8. The van der Waals surface area contributed by atoms with Gasteiger partial charge < -0.3 is 25.0 Å². The van der Waals surface area contributed by atoms with E-state index in [4.69, 9.17) is 9.47 Å². The molecule has 3 atom stereocenters. The molecule has 3 fully saturated rings. The first-order valence-electron chi connectivity index (χ1n) is 17.7. The molecule has 4 heterocycles. The maximum absolute atomic E-state index is 13.2. The van der Waals surface area contributed by atoms with Crippen LogP contribution in [0.25, 0.3) is 0 Å². The van der Waals surface area contributed by atoms with Crippen LogP contribution in [0.2, 0.25) is 0 Å². The van der Waals surface area contributed by atoms with Crippen LogP contribution in [0.5, 0.6) is 5.75 Å². The molecule has 3 aliphatic heterocycles. The number of hydrogen-bond acceptors (Lipinski definition) is 10. The molecule has 4 aliphatic rings. The van der Waals surface area contributed by atoms with Gasteiger partial charge in [-0.05, 0) is 82.0 Å². The van der Waals surface area contributed by atoms with E-state index in [1.165, 1.54) is 0 Å². The molecule has 3 aromatic rings. The summed E-state index contributed by atoms with van der Waals surface area (Å²) in [6.07, 6.45) is 3.29. The summed E-state index contributed by atoms with van der Waals surface area (Å²) >= 11 is 0. The van der Waals surface area contributed by atoms with Crippen LogP contribution in [-0.4, -0.2) is 88.1 Å². The second-order valence-electron chi connectivity index (χ2n) is 14.0. The second-order valence-corrected chi connectivity index (χ2v) is 14.0. The molecular weight excluding hydrogens is 670 g/mol. The van der Waals surface area contributed by atoms with Gasteiger partial charge in [0.25, 0.3) is 17.7 Å². The van der Waals surface area contributed by atoms with E-state index in [2.05, 4.69) is 31.0 Å². The Hall–Kier alpha value is -5.73. The minimum atomic E-state index is -1.00. The van der Waals surface area contributed by atoms with Crippen molar-refractivity contribution in [3.05, 3.63) is 70.9 Å². The van der Waals surface area contributed by atoms with Crippen molar-refractivity contribution in [2.75, 3.05) is 23.3 Å². The van der Waals surface area contributed by atoms with Crippen molar-refractivity contribution in [3.8, 4) is 5.75 Å². The Morgan fingerprint density at radius 3 is 2.37 bits per heavy atom.